The minimum absolute atomic E-state index is 0.831. The molecule has 1 aliphatic heterocycles. The van der Waals surface area contributed by atoms with Gasteiger partial charge in [-0.15, -0.1) is 0 Å². The molecule has 0 amide bonds. The Labute approximate surface area is 86.0 Å². The summed E-state index contributed by atoms with van der Waals surface area (Å²) >= 11 is 2.23. The van der Waals surface area contributed by atoms with Gasteiger partial charge >= 0.3 is 0 Å². The van der Waals surface area contributed by atoms with Gasteiger partial charge in [0.2, 0.25) is 0 Å². The lowest BCUT2D eigenvalue weighted by Gasteiger charge is -2.22. The fourth-order valence-corrected chi connectivity index (χ4v) is 3.90. The maximum Gasteiger partial charge on any atom is 0.0201 e. The zero-order chi connectivity index (χ0) is 9.10. The first-order valence-electron chi connectivity index (χ1n) is 5.71. The Morgan fingerprint density at radius 3 is 2.92 bits per heavy atom. The number of hydrogen-bond donors (Lipinski definition) is 1. The SMILES string of the molecule is CC1CNC2CCCCCC2SC1. The zero-order valence-corrected chi connectivity index (χ0v) is 9.41. The van der Waals surface area contributed by atoms with E-state index in [1.54, 1.807) is 0 Å². The maximum absolute atomic E-state index is 3.75. The van der Waals surface area contributed by atoms with Crippen LogP contribution >= 0.6 is 11.8 Å². The molecule has 1 N–H and O–H groups in total. The van der Waals surface area contributed by atoms with E-state index in [1.165, 1.54) is 44.4 Å². The van der Waals surface area contributed by atoms with Gasteiger partial charge < -0.3 is 5.32 Å². The van der Waals surface area contributed by atoms with Crippen LogP contribution in [-0.2, 0) is 0 Å². The Morgan fingerprint density at radius 1 is 1.15 bits per heavy atom. The van der Waals surface area contributed by atoms with Crippen molar-refractivity contribution in [3.63, 3.8) is 0 Å². The van der Waals surface area contributed by atoms with Gasteiger partial charge in [0.1, 0.15) is 0 Å². The fraction of sp³-hybridized carbons (Fsp3) is 1.00. The average Bonchev–Trinajstić information content (AvgIpc) is 2.43. The second kappa shape index (κ2) is 4.70. The predicted molar refractivity (Wildman–Crippen MR) is 60.3 cm³/mol. The fourth-order valence-electron chi connectivity index (χ4n) is 2.41. The van der Waals surface area contributed by atoms with E-state index in [1.807, 2.05) is 0 Å². The monoisotopic (exact) mass is 199 g/mol. The van der Waals surface area contributed by atoms with Crippen molar-refractivity contribution >= 4 is 11.8 Å². The highest BCUT2D eigenvalue weighted by molar-refractivity contribution is 7.99. The van der Waals surface area contributed by atoms with Gasteiger partial charge in [0.05, 0.1) is 0 Å². The largest absolute Gasteiger partial charge is 0.313 e. The van der Waals surface area contributed by atoms with Crippen molar-refractivity contribution in [3.8, 4) is 0 Å². The van der Waals surface area contributed by atoms with Gasteiger partial charge in [-0.1, -0.05) is 26.2 Å². The Morgan fingerprint density at radius 2 is 2.00 bits per heavy atom. The van der Waals surface area contributed by atoms with E-state index >= 15 is 0 Å². The molecule has 1 nitrogen and oxygen atoms in total. The van der Waals surface area contributed by atoms with Crippen molar-refractivity contribution < 1.29 is 0 Å². The van der Waals surface area contributed by atoms with E-state index in [4.69, 9.17) is 0 Å². The van der Waals surface area contributed by atoms with Crippen molar-refractivity contribution in [2.24, 2.45) is 5.92 Å². The third-order valence-corrected chi connectivity index (χ3v) is 5.03. The van der Waals surface area contributed by atoms with Crippen molar-refractivity contribution in [1.29, 1.82) is 0 Å². The van der Waals surface area contributed by atoms with Gasteiger partial charge in [0.25, 0.3) is 0 Å². The van der Waals surface area contributed by atoms with Crippen LogP contribution in [0, 0.1) is 5.92 Å². The summed E-state index contributed by atoms with van der Waals surface area (Å²) in [5.41, 5.74) is 0. The normalized spacial score (nSPS) is 41.8. The molecule has 13 heavy (non-hydrogen) atoms. The highest BCUT2D eigenvalue weighted by Crippen LogP contribution is 2.31. The van der Waals surface area contributed by atoms with E-state index in [2.05, 4.69) is 24.0 Å². The summed E-state index contributed by atoms with van der Waals surface area (Å²) in [6.07, 6.45) is 7.25. The topological polar surface area (TPSA) is 12.0 Å². The number of rotatable bonds is 0. The van der Waals surface area contributed by atoms with Gasteiger partial charge in [-0.05, 0) is 31.1 Å². The van der Waals surface area contributed by atoms with Crippen LogP contribution in [0.1, 0.15) is 39.0 Å². The van der Waals surface area contributed by atoms with Crippen LogP contribution in [0.4, 0.5) is 0 Å². The first kappa shape index (κ1) is 9.85. The van der Waals surface area contributed by atoms with Gasteiger partial charge in [0.15, 0.2) is 0 Å². The molecule has 0 spiro atoms. The molecule has 1 aliphatic carbocycles. The van der Waals surface area contributed by atoms with Crippen LogP contribution in [-0.4, -0.2) is 23.6 Å². The van der Waals surface area contributed by atoms with Crippen molar-refractivity contribution in [2.75, 3.05) is 12.3 Å². The maximum atomic E-state index is 3.75. The molecule has 76 valence electrons. The summed E-state index contributed by atoms with van der Waals surface area (Å²) in [6, 6.07) is 0.831. The molecule has 2 rings (SSSR count). The van der Waals surface area contributed by atoms with Crippen molar-refractivity contribution in [1.82, 2.24) is 5.32 Å². The lowest BCUT2D eigenvalue weighted by molar-refractivity contribution is 0.448. The summed E-state index contributed by atoms with van der Waals surface area (Å²) in [6.45, 7) is 3.61. The molecular formula is C11H21NS. The second-order valence-electron chi connectivity index (χ2n) is 4.63. The van der Waals surface area contributed by atoms with Gasteiger partial charge in [-0.25, -0.2) is 0 Å². The molecule has 0 aromatic carbocycles. The smallest absolute Gasteiger partial charge is 0.0201 e. The van der Waals surface area contributed by atoms with E-state index in [0.717, 1.165) is 17.2 Å². The number of thioether (sulfide) groups is 1. The standard InChI is InChI=1S/C11H21NS/c1-9-7-12-10-5-3-2-4-6-11(10)13-8-9/h9-12H,2-8H2,1H3. The summed E-state index contributed by atoms with van der Waals surface area (Å²) in [4.78, 5) is 0. The third kappa shape index (κ3) is 2.63. The van der Waals surface area contributed by atoms with Crippen LogP contribution in [0.2, 0.25) is 0 Å². The Bertz CT molecular complexity index is 144. The minimum Gasteiger partial charge on any atom is -0.313 e. The lowest BCUT2D eigenvalue weighted by Crippen LogP contribution is -2.37. The van der Waals surface area contributed by atoms with E-state index in [0.29, 0.717) is 0 Å². The van der Waals surface area contributed by atoms with E-state index in [9.17, 15) is 0 Å². The highest BCUT2D eigenvalue weighted by Gasteiger charge is 2.26. The zero-order valence-electron chi connectivity index (χ0n) is 8.59. The summed E-state index contributed by atoms with van der Waals surface area (Å²) in [5, 5.41) is 4.68. The van der Waals surface area contributed by atoms with E-state index in [-0.39, 0.29) is 0 Å². The molecule has 0 aromatic heterocycles. The third-order valence-electron chi connectivity index (χ3n) is 3.28. The number of nitrogens with one attached hydrogen (secondary N) is 1. The first-order chi connectivity index (χ1) is 6.36. The Balaban J connectivity index is 1.95. The summed E-state index contributed by atoms with van der Waals surface area (Å²) in [5.74, 6) is 2.24. The Hall–Kier alpha value is 0.310. The Kier molecular flexibility index (Phi) is 3.56. The van der Waals surface area contributed by atoms with Crippen LogP contribution in [0.5, 0.6) is 0 Å². The molecule has 1 saturated carbocycles. The van der Waals surface area contributed by atoms with Crippen molar-refractivity contribution in [3.05, 3.63) is 0 Å². The van der Waals surface area contributed by atoms with Crippen LogP contribution in [0.25, 0.3) is 0 Å². The van der Waals surface area contributed by atoms with Gasteiger partial charge in [-0.2, -0.15) is 11.8 Å². The average molecular weight is 199 g/mol. The molecule has 1 heterocycles. The first-order valence-corrected chi connectivity index (χ1v) is 6.76. The van der Waals surface area contributed by atoms with Gasteiger partial charge in [0, 0.05) is 11.3 Å². The number of hydrogen-bond acceptors (Lipinski definition) is 2. The quantitative estimate of drug-likeness (QED) is 0.644. The highest BCUT2D eigenvalue weighted by atomic mass is 32.2. The lowest BCUT2D eigenvalue weighted by atomic mass is 10.1. The molecule has 2 heteroatoms. The molecule has 1 saturated heterocycles. The molecule has 0 aromatic rings. The van der Waals surface area contributed by atoms with Crippen LogP contribution in [0.15, 0.2) is 0 Å². The molecule has 3 unspecified atom stereocenters. The molecule has 2 fully saturated rings. The molecule has 0 bridgehead atoms. The predicted octanol–water partition coefficient (Wildman–Crippen LogP) is 2.66. The summed E-state index contributed by atoms with van der Waals surface area (Å²) < 4.78 is 0. The molecule has 3 atom stereocenters. The van der Waals surface area contributed by atoms with Gasteiger partial charge in [-0.3, -0.25) is 0 Å². The summed E-state index contributed by atoms with van der Waals surface area (Å²) in [7, 11) is 0. The van der Waals surface area contributed by atoms with Crippen LogP contribution < -0.4 is 5.32 Å². The molecule has 0 radical (unpaired) electrons. The van der Waals surface area contributed by atoms with E-state index < -0.39 is 0 Å². The van der Waals surface area contributed by atoms with Crippen LogP contribution in [0.3, 0.4) is 0 Å². The van der Waals surface area contributed by atoms with Crippen molar-refractivity contribution in [2.45, 2.75) is 50.3 Å². The molecular weight excluding hydrogens is 178 g/mol. The second-order valence-corrected chi connectivity index (χ2v) is 5.90. The molecule has 2 aliphatic rings. The minimum atomic E-state index is 0.831. The number of fused-ring (bicyclic) bond motifs is 1.